The summed E-state index contributed by atoms with van der Waals surface area (Å²) in [6, 6.07) is 6.05. The molecule has 2 rings (SSSR count). The summed E-state index contributed by atoms with van der Waals surface area (Å²) in [5, 5.41) is 2.92. The zero-order valence-corrected chi connectivity index (χ0v) is 11.8. The van der Waals surface area contributed by atoms with E-state index in [2.05, 4.69) is 32.2 Å². The molecule has 0 fully saturated rings. The number of fused-ring (bicyclic) bond motifs is 1. The second-order valence-electron chi connectivity index (χ2n) is 6.01. The van der Waals surface area contributed by atoms with Crippen molar-refractivity contribution in [3.63, 3.8) is 0 Å². The Morgan fingerprint density at radius 2 is 2.00 bits per heavy atom. The molecule has 3 nitrogen and oxygen atoms in total. The maximum atomic E-state index is 11.9. The summed E-state index contributed by atoms with van der Waals surface area (Å²) in [7, 11) is 0. The monoisotopic (exact) mass is 247 g/mol. The molecule has 1 aromatic rings. The molecule has 3 heteroatoms. The fourth-order valence-electron chi connectivity index (χ4n) is 1.94. The van der Waals surface area contributed by atoms with Crippen LogP contribution >= 0.6 is 0 Å². The number of ether oxygens (including phenoxy) is 1. The van der Waals surface area contributed by atoms with Gasteiger partial charge in [-0.25, -0.2) is 0 Å². The highest BCUT2D eigenvalue weighted by Gasteiger charge is 2.35. The van der Waals surface area contributed by atoms with Gasteiger partial charge in [-0.05, 0) is 43.4 Å². The number of carbonyl (C=O) groups is 1. The summed E-state index contributed by atoms with van der Waals surface area (Å²) in [4.78, 5) is 11.9. The van der Waals surface area contributed by atoms with Gasteiger partial charge in [0.25, 0.3) is 5.91 Å². The lowest BCUT2D eigenvalue weighted by molar-refractivity contribution is -0.129. The molecule has 18 heavy (non-hydrogen) atoms. The van der Waals surface area contributed by atoms with Crippen LogP contribution in [0.15, 0.2) is 18.2 Å². The van der Waals surface area contributed by atoms with Gasteiger partial charge < -0.3 is 10.1 Å². The van der Waals surface area contributed by atoms with Gasteiger partial charge in [0, 0.05) is 0 Å². The van der Waals surface area contributed by atoms with Gasteiger partial charge in [-0.1, -0.05) is 26.8 Å². The molecule has 1 heterocycles. The van der Waals surface area contributed by atoms with Crippen molar-refractivity contribution in [2.75, 3.05) is 5.32 Å². The van der Waals surface area contributed by atoms with E-state index in [1.54, 1.807) is 13.8 Å². The summed E-state index contributed by atoms with van der Waals surface area (Å²) in [5.74, 6) is 0.650. The van der Waals surface area contributed by atoms with Crippen LogP contribution in [-0.2, 0) is 10.2 Å². The fourth-order valence-corrected chi connectivity index (χ4v) is 1.94. The van der Waals surface area contributed by atoms with Crippen LogP contribution in [0.4, 0.5) is 5.69 Å². The Hall–Kier alpha value is -1.51. The molecule has 0 saturated carbocycles. The molecule has 1 amide bonds. The van der Waals surface area contributed by atoms with Gasteiger partial charge in [0.05, 0.1) is 5.69 Å². The van der Waals surface area contributed by atoms with Crippen LogP contribution in [0.5, 0.6) is 5.75 Å². The largest absolute Gasteiger partial charge is 0.476 e. The van der Waals surface area contributed by atoms with Crippen molar-refractivity contribution < 1.29 is 9.53 Å². The fraction of sp³-hybridized carbons (Fsp3) is 0.533. The minimum atomic E-state index is -0.797. The Bertz CT molecular complexity index is 489. The highest BCUT2D eigenvalue weighted by atomic mass is 16.5. The molecular formula is C15H21NO2. The molecule has 1 aliphatic heterocycles. The molecule has 0 atom stereocenters. The van der Waals surface area contributed by atoms with E-state index in [1.165, 1.54) is 5.56 Å². The van der Waals surface area contributed by atoms with Crippen LogP contribution in [0.1, 0.15) is 46.6 Å². The van der Waals surface area contributed by atoms with Gasteiger partial charge in [-0.3, -0.25) is 4.79 Å². The number of amides is 1. The van der Waals surface area contributed by atoms with E-state index in [-0.39, 0.29) is 11.3 Å². The quantitative estimate of drug-likeness (QED) is 0.868. The third-order valence-corrected chi connectivity index (χ3v) is 3.81. The lowest BCUT2D eigenvalue weighted by atomic mass is 9.82. The number of benzene rings is 1. The Morgan fingerprint density at radius 1 is 1.33 bits per heavy atom. The first-order valence-electron chi connectivity index (χ1n) is 6.41. The lowest BCUT2D eigenvalue weighted by Crippen LogP contribution is -2.45. The molecule has 0 saturated heterocycles. The Balaban J connectivity index is 2.41. The van der Waals surface area contributed by atoms with Crippen LogP contribution in [-0.4, -0.2) is 11.5 Å². The standard InChI is InChI=1S/C15H21NO2/c1-6-14(2,3)10-7-8-12-11(9-10)16-13(17)15(4,5)18-12/h7-9H,6H2,1-5H3,(H,16,17). The van der Waals surface area contributed by atoms with E-state index >= 15 is 0 Å². The summed E-state index contributed by atoms with van der Waals surface area (Å²) < 4.78 is 5.72. The van der Waals surface area contributed by atoms with Crippen molar-refractivity contribution in [3.05, 3.63) is 23.8 Å². The molecule has 0 aromatic heterocycles. The first-order chi connectivity index (χ1) is 8.26. The number of hydrogen-bond donors (Lipinski definition) is 1. The molecule has 0 aliphatic carbocycles. The summed E-state index contributed by atoms with van der Waals surface area (Å²) in [6.07, 6.45) is 1.05. The number of hydrogen-bond acceptors (Lipinski definition) is 2. The van der Waals surface area contributed by atoms with Crippen LogP contribution in [0.25, 0.3) is 0 Å². The third-order valence-electron chi connectivity index (χ3n) is 3.81. The normalized spacial score (nSPS) is 17.7. The Kier molecular flexibility index (Phi) is 2.88. The second kappa shape index (κ2) is 4.01. The number of anilines is 1. The molecule has 0 radical (unpaired) electrons. The van der Waals surface area contributed by atoms with E-state index in [0.29, 0.717) is 0 Å². The van der Waals surface area contributed by atoms with E-state index in [0.717, 1.165) is 17.9 Å². The van der Waals surface area contributed by atoms with Crippen molar-refractivity contribution in [2.45, 2.75) is 52.1 Å². The van der Waals surface area contributed by atoms with Gasteiger partial charge in [-0.2, -0.15) is 0 Å². The van der Waals surface area contributed by atoms with Crippen molar-refractivity contribution in [2.24, 2.45) is 0 Å². The van der Waals surface area contributed by atoms with Crippen LogP contribution < -0.4 is 10.1 Å². The predicted molar refractivity (Wildman–Crippen MR) is 73.1 cm³/mol. The minimum absolute atomic E-state index is 0.0959. The van der Waals surface area contributed by atoms with Gasteiger partial charge in [0.2, 0.25) is 0 Å². The van der Waals surface area contributed by atoms with Gasteiger partial charge in [0.1, 0.15) is 5.75 Å². The minimum Gasteiger partial charge on any atom is -0.476 e. The summed E-state index contributed by atoms with van der Waals surface area (Å²) in [5.41, 5.74) is 1.30. The van der Waals surface area contributed by atoms with E-state index in [1.807, 2.05) is 12.1 Å². The van der Waals surface area contributed by atoms with E-state index in [9.17, 15) is 4.79 Å². The number of carbonyl (C=O) groups excluding carboxylic acids is 1. The van der Waals surface area contributed by atoms with Crippen LogP contribution in [0, 0.1) is 0 Å². The predicted octanol–water partition coefficient (Wildman–Crippen LogP) is 3.48. The second-order valence-corrected chi connectivity index (χ2v) is 6.01. The van der Waals surface area contributed by atoms with Gasteiger partial charge >= 0.3 is 0 Å². The summed E-state index contributed by atoms with van der Waals surface area (Å²) >= 11 is 0. The average molecular weight is 247 g/mol. The maximum Gasteiger partial charge on any atom is 0.268 e. The molecule has 0 bridgehead atoms. The summed E-state index contributed by atoms with van der Waals surface area (Å²) in [6.45, 7) is 10.1. The first-order valence-corrected chi connectivity index (χ1v) is 6.41. The highest BCUT2D eigenvalue weighted by molar-refractivity contribution is 6.00. The molecule has 0 unspecified atom stereocenters. The zero-order chi connectivity index (χ0) is 13.6. The SMILES string of the molecule is CCC(C)(C)c1ccc2c(c1)NC(=O)C(C)(C)O2. The lowest BCUT2D eigenvalue weighted by Gasteiger charge is -2.33. The van der Waals surface area contributed by atoms with Gasteiger partial charge in [0.15, 0.2) is 5.60 Å². The van der Waals surface area contributed by atoms with Gasteiger partial charge in [-0.15, -0.1) is 0 Å². The molecule has 1 aliphatic rings. The number of rotatable bonds is 2. The van der Waals surface area contributed by atoms with E-state index < -0.39 is 5.60 Å². The van der Waals surface area contributed by atoms with Crippen molar-refractivity contribution in [1.82, 2.24) is 0 Å². The highest BCUT2D eigenvalue weighted by Crippen LogP contribution is 2.37. The smallest absolute Gasteiger partial charge is 0.268 e. The average Bonchev–Trinajstić information content (AvgIpc) is 2.29. The van der Waals surface area contributed by atoms with Crippen molar-refractivity contribution in [3.8, 4) is 5.75 Å². The topological polar surface area (TPSA) is 38.3 Å². The van der Waals surface area contributed by atoms with Crippen molar-refractivity contribution in [1.29, 1.82) is 0 Å². The molecule has 1 N–H and O–H groups in total. The maximum absolute atomic E-state index is 11.9. The zero-order valence-electron chi connectivity index (χ0n) is 11.8. The van der Waals surface area contributed by atoms with Crippen molar-refractivity contribution >= 4 is 11.6 Å². The Labute approximate surface area is 109 Å². The molecule has 98 valence electrons. The van der Waals surface area contributed by atoms with E-state index in [4.69, 9.17) is 4.74 Å². The third kappa shape index (κ3) is 2.09. The molecular weight excluding hydrogens is 226 g/mol. The number of nitrogens with one attached hydrogen (secondary N) is 1. The Morgan fingerprint density at radius 3 is 2.61 bits per heavy atom. The first kappa shape index (κ1) is 12.9. The van der Waals surface area contributed by atoms with Crippen LogP contribution in [0.2, 0.25) is 0 Å². The molecule has 1 aromatic carbocycles. The molecule has 0 spiro atoms. The van der Waals surface area contributed by atoms with Crippen LogP contribution in [0.3, 0.4) is 0 Å².